The van der Waals surface area contributed by atoms with Gasteiger partial charge in [-0.05, 0) is 36.8 Å². The lowest BCUT2D eigenvalue weighted by molar-refractivity contribution is 0.178. The molecule has 0 aliphatic heterocycles. The highest BCUT2D eigenvalue weighted by Gasteiger charge is 2.23. The third-order valence-electron chi connectivity index (χ3n) is 3.33. The van der Waals surface area contributed by atoms with Crippen molar-refractivity contribution in [3.8, 4) is 0 Å². The average molecular weight is 281 g/mol. The van der Waals surface area contributed by atoms with Crippen LogP contribution < -0.4 is 4.72 Å². The van der Waals surface area contributed by atoms with E-state index in [2.05, 4.69) is 4.72 Å². The minimum atomic E-state index is -3.40. The standard InChI is InChI=1S/C14H19NO3S/c16-14-7-6-13(10-14)11-15-19(17,18)9-8-12-4-2-1-3-5-12/h1-5,8-9,13-16H,6-7,10-11H2/b9-8+. The van der Waals surface area contributed by atoms with Crippen molar-refractivity contribution in [3.05, 3.63) is 41.3 Å². The van der Waals surface area contributed by atoms with Gasteiger partial charge in [0.2, 0.25) is 10.0 Å². The highest BCUT2D eigenvalue weighted by Crippen LogP contribution is 2.24. The first kappa shape index (κ1) is 14.2. The van der Waals surface area contributed by atoms with Crippen LogP contribution in [0.15, 0.2) is 35.7 Å². The molecule has 1 aromatic rings. The van der Waals surface area contributed by atoms with Crippen molar-refractivity contribution in [2.24, 2.45) is 5.92 Å². The van der Waals surface area contributed by atoms with Gasteiger partial charge in [0.15, 0.2) is 0 Å². The monoisotopic (exact) mass is 281 g/mol. The van der Waals surface area contributed by atoms with E-state index in [1.807, 2.05) is 30.3 Å². The summed E-state index contributed by atoms with van der Waals surface area (Å²) in [5.74, 6) is 0.245. The molecule has 0 bridgehead atoms. The number of aliphatic hydroxyl groups excluding tert-OH is 1. The first-order valence-corrected chi connectivity index (χ1v) is 8.01. The van der Waals surface area contributed by atoms with Gasteiger partial charge in [0.1, 0.15) is 0 Å². The summed E-state index contributed by atoms with van der Waals surface area (Å²) in [5, 5.41) is 10.6. The summed E-state index contributed by atoms with van der Waals surface area (Å²) in [6, 6.07) is 9.30. The van der Waals surface area contributed by atoms with Crippen LogP contribution >= 0.6 is 0 Å². The maximum atomic E-state index is 11.8. The van der Waals surface area contributed by atoms with Crippen LogP contribution in [0.5, 0.6) is 0 Å². The predicted octanol–water partition coefficient (Wildman–Crippen LogP) is 1.74. The summed E-state index contributed by atoms with van der Waals surface area (Å²) in [5.41, 5.74) is 0.851. The van der Waals surface area contributed by atoms with Crippen molar-refractivity contribution in [1.82, 2.24) is 4.72 Å². The molecule has 0 saturated heterocycles. The van der Waals surface area contributed by atoms with E-state index in [1.165, 1.54) is 5.41 Å². The molecular weight excluding hydrogens is 262 g/mol. The SMILES string of the molecule is O=S(=O)(/C=C/c1ccccc1)NCC1CCC(O)C1. The largest absolute Gasteiger partial charge is 0.393 e. The molecule has 0 amide bonds. The molecule has 2 N–H and O–H groups in total. The van der Waals surface area contributed by atoms with Crippen LogP contribution in [-0.2, 0) is 10.0 Å². The Bertz CT molecular complexity index is 525. The van der Waals surface area contributed by atoms with Gasteiger partial charge in [-0.3, -0.25) is 0 Å². The molecule has 1 aliphatic rings. The van der Waals surface area contributed by atoms with Gasteiger partial charge >= 0.3 is 0 Å². The Morgan fingerprint density at radius 1 is 1.26 bits per heavy atom. The molecule has 1 aromatic carbocycles. The third-order valence-corrected chi connectivity index (χ3v) is 4.39. The second-order valence-electron chi connectivity index (χ2n) is 4.94. The molecule has 0 spiro atoms. The van der Waals surface area contributed by atoms with Gasteiger partial charge in [0.05, 0.1) is 6.10 Å². The Balaban J connectivity index is 1.87. The topological polar surface area (TPSA) is 66.4 Å². The van der Waals surface area contributed by atoms with Crippen LogP contribution in [0.1, 0.15) is 24.8 Å². The van der Waals surface area contributed by atoms with E-state index < -0.39 is 10.0 Å². The fourth-order valence-corrected chi connectivity index (χ4v) is 3.15. The molecular formula is C14H19NO3S. The Hall–Kier alpha value is -1.17. The molecule has 0 radical (unpaired) electrons. The van der Waals surface area contributed by atoms with Crippen molar-refractivity contribution < 1.29 is 13.5 Å². The van der Waals surface area contributed by atoms with Gasteiger partial charge in [0.25, 0.3) is 0 Å². The van der Waals surface area contributed by atoms with Crippen LogP contribution in [0.3, 0.4) is 0 Å². The first-order valence-electron chi connectivity index (χ1n) is 6.46. The van der Waals surface area contributed by atoms with E-state index in [0.717, 1.165) is 18.4 Å². The van der Waals surface area contributed by atoms with Crippen molar-refractivity contribution in [1.29, 1.82) is 0 Å². The van der Waals surface area contributed by atoms with Crippen LogP contribution in [0.25, 0.3) is 6.08 Å². The molecule has 4 nitrogen and oxygen atoms in total. The molecule has 2 rings (SSSR count). The maximum absolute atomic E-state index is 11.8. The number of sulfonamides is 1. The second-order valence-corrected chi connectivity index (χ2v) is 6.59. The molecule has 1 aliphatic carbocycles. The van der Waals surface area contributed by atoms with Crippen LogP contribution in [-0.4, -0.2) is 26.2 Å². The van der Waals surface area contributed by atoms with Gasteiger partial charge in [0, 0.05) is 12.0 Å². The average Bonchev–Trinajstić information content (AvgIpc) is 2.82. The lowest BCUT2D eigenvalue weighted by atomic mass is 10.1. The van der Waals surface area contributed by atoms with Gasteiger partial charge in [-0.25, -0.2) is 13.1 Å². The van der Waals surface area contributed by atoms with Crippen molar-refractivity contribution in [2.75, 3.05) is 6.54 Å². The summed E-state index contributed by atoms with van der Waals surface area (Å²) in [4.78, 5) is 0. The Morgan fingerprint density at radius 3 is 2.63 bits per heavy atom. The molecule has 19 heavy (non-hydrogen) atoms. The number of hydrogen-bond donors (Lipinski definition) is 2. The van der Waals surface area contributed by atoms with E-state index >= 15 is 0 Å². The van der Waals surface area contributed by atoms with Gasteiger partial charge < -0.3 is 5.11 Å². The summed E-state index contributed by atoms with van der Waals surface area (Å²) < 4.78 is 26.1. The normalized spacial score (nSPS) is 24.1. The molecule has 5 heteroatoms. The van der Waals surface area contributed by atoms with Crippen LogP contribution in [0.4, 0.5) is 0 Å². The van der Waals surface area contributed by atoms with Crippen LogP contribution in [0.2, 0.25) is 0 Å². The quantitative estimate of drug-likeness (QED) is 0.864. The Kier molecular flexibility index (Phi) is 4.74. The van der Waals surface area contributed by atoms with E-state index in [9.17, 15) is 13.5 Å². The lowest BCUT2D eigenvalue weighted by Gasteiger charge is -2.09. The molecule has 2 atom stereocenters. The number of aliphatic hydroxyl groups is 1. The number of benzene rings is 1. The van der Waals surface area contributed by atoms with Gasteiger partial charge in [-0.15, -0.1) is 0 Å². The first-order chi connectivity index (χ1) is 9.05. The highest BCUT2D eigenvalue weighted by atomic mass is 32.2. The summed E-state index contributed by atoms with van der Waals surface area (Å²) in [6.45, 7) is 0.401. The molecule has 104 valence electrons. The third kappa shape index (κ3) is 4.78. The highest BCUT2D eigenvalue weighted by molar-refractivity contribution is 7.92. The summed E-state index contributed by atoms with van der Waals surface area (Å²) in [7, 11) is -3.40. The fraction of sp³-hybridized carbons (Fsp3) is 0.429. The Labute approximate surface area is 114 Å². The van der Waals surface area contributed by atoms with E-state index in [1.54, 1.807) is 6.08 Å². The minimum Gasteiger partial charge on any atom is -0.393 e. The fourth-order valence-electron chi connectivity index (χ4n) is 2.25. The molecule has 1 fully saturated rings. The van der Waals surface area contributed by atoms with Crippen molar-refractivity contribution in [2.45, 2.75) is 25.4 Å². The van der Waals surface area contributed by atoms with E-state index in [-0.39, 0.29) is 12.0 Å². The van der Waals surface area contributed by atoms with E-state index in [0.29, 0.717) is 13.0 Å². The second kappa shape index (κ2) is 6.32. The maximum Gasteiger partial charge on any atom is 0.233 e. The zero-order chi connectivity index (χ0) is 13.7. The summed E-state index contributed by atoms with van der Waals surface area (Å²) >= 11 is 0. The zero-order valence-electron chi connectivity index (χ0n) is 10.7. The minimum absolute atomic E-state index is 0.245. The van der Waals surface area contributed by atoms with Crippen molar-refractivity contribution >= 4 is 16.1 Å². The van der Waals surface area contributed by atoms with E-state index in [4.69, 9.17) is 0 Å². The lowest BCUT2D eigenvalue weighted by Crippen LogP contribution is -2.27. The van der Waals surface area contributed by atoms with Gasteiger partial charge in [-0.2, -0.15) is 0 Å². The molecule has 0 heterocycles. The molecule has 0 aromatic heterocycles. The predicted molar refractivity (Wildman–Crippen MR) is 75.7 cm³/mol. The van der Waals surface area contributed by atoms with Gasteiger partial charge in [-0.1, -0.05) is 30.3 Å². The molecule has 1 saturated carbocycles. The number of nitrogens with one attached hydrogen (secondary N) is 1. The van der Waals surface area contributed by atoms with Crippen molar-refractivity contribution in [3.63, 3.8) is 0 Å². The Morgan fingerprint density at radius 2 is 2.00 bits per heavy atom. The van der Waals surface area contributed by atoms with Crippen LogP contribution in [0, 0.1) is 5.92 Å². The zero-order valence-corrected chi connectivity index (χ0v) is 11.5. The smallest absolute Gasteiger partial charge is 0.233 e. The summed E-state index contributed by atoms with van der Waals surface area (Å²) in [6.07, 6.45) is 3.64. The number of rotatable bonds is 5. The number of hydrogen-bond acceptors (Lipinski definition) is 3. The molecule has 2 unspecified atom stereocenters.